The zero-order valence-electron chi connectivity index (χ0n) is 18.6. The Kier molecular flexibility index (Phi) is 8.00. The fourth-order valence-corrected chi connectivity index (χ4v) is 5.06. The third kappa shape index (κ3) is 5.67. The van der Waals surface area contributed by atoms with Crippen molar-refractivity contribution in [3.05, 3.63) is 58.0 Å². The molecule has 174 valence electrons. The molecule has 1 aliphatic rings. The van der Waals surface area contributed by atoms with E-state index in [-0.39, 0.29) is 12.4 Å². The van der Waals surface area contributed by atoms with E-state index in [0.29, 0.717) is 34.0 Å². The Morgan fingerprint density at radius 1 is 1.33 bits per heavy atom. The van der Waals surface area contributed by atoms with Gasteiger partial charge in [0.05, 0.1) is 18.4 Å². The summed E-state index contributed by atoms with van der Waals surface area (Å²) in [5.74, 6) is -1.95. The number of anilines is 1. The molecule has 0 saturated heterocycles. The molecule has 8 nitrogen and oxygen atoms in total. The number of phenols is 1. The van der Waals surface area contributed by atoms with Crippen molar-refractivity contribution in [3.8, 4) is 5.75 Å². The second-order valence-corrected chi connectivity index (χ2v) is 8.88. The van der Waals surface area contributed by atoms with Gasteiger partial charge >= 0.3 is 17.8 Å². The van der Waals surface area contributed by atoms with Gasteiger partial charge in [-0.3, -0.25) is 9.59 Å². The minimum atomic E-state index is -0.998. The summed E-state index contributed by atoms with van der Waals surface area (Å²) in [5.41, 5.74) is 4.42. The summed E-state index contributed by atoms with van der Waals surface area (Å²) in [6, 6.07) is 5.12. The number of hydrogen-bond donors (Lipinski definition) is 3. The molecule has 1 aromatic carbocycles. The first-order valence-corrected chi connectivity index (χ1v) is 11.5. The Balaban J connectivity index is 1.72. The number of hydrazone groups is 1. The van der Waals surface area contributed by atoms with Crippen LogP contribution in [0.15, 0.2) is 36.0 Å². The van der Waals surface area contributed by atoms with Crippen LogP contribution in [0.25, 0.3) is 0 Å². The Morgan fingerprint density at radius 3 is 2.85 bits per heavy atom. The van der Waals surface area contributed by atoms with Gasteiger partial charge in [-0.05, 0) is 55.7 Å². The second kappa shape index (κ2) is 10.9. The SMILES string of the molecule is C=CCc1cccc(C=NNC(=O)C(=O)Nc2sc3c(c2C(=O)OCC)CCC(C)C3)c1O. The van der Waals surface area contributed by atoms with Gasteiger partial charge in [-0.1, -0.05) is 25.1 Å². The molecule has 0 aliphatic heterocycles. The molecule has 0 radical (unpaired) electrons. The summed E-state index contributed by atoms with van der Waals surface area (Å²) in [7, 11) is 0. The van der Waals surface area contributed by atoms with Crippen LogP contribution in [-0.2, 0) is 33.6 Å². The van der Waals surface area contributed by atoms with E-state index in [0.717, 1.165) is 29.7 Å². The van der Waals surface area contributed by atoms with Gasteiger partial charge in [-0.2, -0.15) is 5.10 Å². The number of amides is 2. The van der Waals surface area contributed by atoms with Gasteiger partial charge in [0, 0.05) is 10.4 Å². The van der Waals surface area contributed by atoms with Crippen molar-refractivity contribution in [1.29, 1.82) is 0 Å². The molecule has 3 N–H and O–H groups in total. The number of thiophene rings is 1. The monoisotopic (exact) mass is 469 g/mol. The van der Waals surface area contributed by atoms with Crippen LogP contribution in [0.4, 0.5) is 5.00 Å². The van der Waals surface area contributed by atoms with Gasteiger partial charge in [0.2, 0.25) is 0 Å². The van der Waals surface area contributed by atoms with Crippen LogP contribution in [0.5, 0.6) is 5.75 Å². The maximum Gasteiger partial charge on any atom is 0.341 e. The molecule has 0 fully saturated rings. The Morgan fingerprint density at radius 2 is 2.12 bits per heavy atom. The highest BCUT2D eigenvalue weighted by molar-refractivity contribution is 7.17. The highest BCUT2D eigenvalue weighted by Crippen LogP contribution is 2.40. The van der Waals surface area contributed by atoms with Crippen LogP contribution >= 0.6 is 11.3 Å². The second-order valence-electron chi connectivity index (χ2n) is 7.78. The lowest BCUT2D eigenvalue weighted by Crippen LogP contribution is -2.32. The van der Waals surface area contributed by atoms with E-state index in [4.69, 9.17) is 4.74 Å². The quantitative estimate of drug-likeness (QED) is 0.188. The van der Waals surface area contributed by atoms with Gasteiger partial charge < -0.3 is 15.2 Å². The van der Waals surface area contributed by atoms with Gasteiger partial charge in [-0.15, -0.1) is 17.9 Å². The number of hydrogen-bond acceptors (Lipinski definition) is 7. The van der Waals surface area contributed by atoms with E-state index in [1.165, 1.54) is 17.6 Å². The number of allylic oxidation sites excluding steroid dienone is 1. The normalized spacial score (nSPS) is 15.0. The van der Waals surface area contributed by atoms with Gasteiger partial charge in [0.25, 0.3) is 0 Å². The number of carbonyl (C=O) groups is 3. The maximum atomic E-state index is 12.5. The number of para-hydroxylation sites is 1. The lowest BCUT2D eigenvalue weighted by Gasteiger charge is -2.18. The topological polar surface area (TPSA) is 117 Å². The van der Waals surface area contributed by atoms with Crippen molar-refractivity contribution in [2.45, 2.75) is 39.5 Å². The lowest BCUT2D eigenvalue weighted by molar-refractivity contribution is -0.136. The van der Waals surface area contributed by atoms with Crippen molar-refractivity contribution < 1.29 is 24.2 Å². The molecule has 9 heteroatoms. The van der Waals surface area contributed by atoms with E-state index in [1.807, 2.05) is 0 Å². The van der Waals surface area contributed by atoms with Gasteiger partial charge in [0.1, 0.15) is 10.8 Å². The molecule has 1 aliphatic carbocycles. The summed E-state index contributed by atoms with van der Waals surface area (Å²) in [6.07, 6.45) is 5.88. The number of nitrogens with one attached hydrogen (secondary N) is 2. The minimum Gasteiger partial charge on any atom is -0.507 e. The number of rotatable bonds is 7. The molecule has 2 amide bonds. The number of aromatic hydroxyl groups is 1. The standard InChI is InChI=1S/C24H27N3O5S/c1-4-7-15-8-6-9-16(20(15)28)13-25-27-22(30)21(29)26-23-19(24(31)32-5-2)17-11-10-14(3)12-18(17)33-23/h4,6,8-9,13-14,28H,1,5,7,10-12H2,2-3H3,(H,26,29)(H,27,30). The lowest BCUT2D eigenvalue weighted by atomic mass is 9.88. The summed E-state index contributed by atoms with van der Waals surface area (Å²) in [5, 5.41) is 16.9. The zero-order chi connectivity index (χ0) is 24.0. The predicted molar refractivity (Wildman–Crippen MR) is 128 cm³/mol. The summed E-state index contributed by atoms with van der Waals surface area (Å²) >= 11 is 1.30. The number of carbonyl (C=O) groups excluding carboxylic acids is 3. The molecule has 1 atom stereocenters. The molecule has 1 unspecified atom stereocenters. The number of benzene rings is 1. The number of esters is 1. The summed E-state index contributed by atoms with van der Waals surface area (Å²) in [4.78, 5) is 38.3. The van der Waals surface area contributed by atoms with E-state index < -0.39 is 17.8 Å². The van der Waals surface area contributed by atoms with Crippen LogP contribution < -0.4 is 10.7 Å². The highest BCUT2D eigenvalue weighted by atomic mass is 32.1. The minimum absolute atomic E-state index is 0.0253. The van der Waals surface area contributed by atoms with Crippen LogP contribution in [0.3, 0.4) is 0 Å². The first kappa shape index (κ1) is 24.2. The third-order valence-electron chi connectivity index (χ3n) is 5.31. The van der Waals surface area contributed by atoms with Crippen molar-refractivity contribution >= 4 is 40.3 Å². The first-order valence-electron chi connectivity index (χ1n) is 10.7. The molecule has 3 rings (SSSR count). The summed E-state index contributed by atoms with van der Waals surface area (Å²) in [6.45, 7) is 7.71. The molecule has 33 heavy (non-hydrogen) atoms. The number of ether oxygens (including phenoxy) is 1. The fraction of sp³-hybridized carbons (Fsp3) is 0.333. The number of nitrogens with zero attached hydrogens (tertiary/aromatic N) is 1. The number of phenolic OH excluding ortho intramolecular Hbond substituents is 1. The maximum absolute atomic E-state index is 12.5. The van der Waals surface area contributed by atoms with Crippen molar-refractivity contribution in [2.24, 2.45) is 11.0 Å². The van der Waals surface area contributed by atoms with Crippen molar-refractivity contribution in [1.82, 2.24) is 5.43 Å². The molecule has 0 spiro atoms. The highest BCUT2D eigenvalue weighted by Gasteiger charge is 2.30. The Bertz CT molecular complexity index is 1110. The predicted octanol–water partition coefficient (Wildman–Crippen LogP) is 3.57. The van der Waals surface area contributed by atoms with Gasteiger partial charge in [-0.25, -0.2) is 10.2 Å². The molecule has 2 aromatic rings. The zero-order valence-corrected chi connectivity index (χ0v) is 19.5. The van der Waals surface area contributed by atoms with Crippen LogP contribution in [0.1, 0.15) is 52.2 Å². The Hall–Kier alpha value is -3.46. The van der Waals surface area contributed by atoms with Crippen molar-refractivity contribution in [2.75, 3.05) is 11.9 Å². The van der Waals surface area contributed by atoms with E-state index in [1.54, 1.807) is 31.2 Å². The van der Waals surface area contributed by atoms with Crippen LogP contribution in [-0.4, -0.2) is 35.7 Å². The molecular weight excluding hydrogens is 442 g/mol. The molecule has 1 heterocycles. The van der Waals surface area contributed by atoms with Gasteiger partial charge in [0.15, 0.2) is 0 Å². The fourth-order valence-electron chi connectivity index (χ4n) is 3.66. The average molecular weight is 470 g/mol. The van der Waals surface area contributed by atoms with E-state index in [9.17, 15) is 19.5 Å². The van der Waals surface area contributed by atoms with Crippen molar-refractivity contribution in [3.63, 3.8) is 0 Å². The van der Waals surface area contributed by atoms with E-state index >= 15 is 0 Å². The molecular formula is C24H27N3O5S. The molecule has 1 aromatic heterocycles. The number of fused-ring (bicyclic) bond motifs is 1. The van der Waals surface area contributed by atoms with Crippen LogP contribution in [0, 0.1) is 5.92 Å². The molecule has 0 bridgehead atoms. The van der Waals surface area contributed by atoms with E-state index in [2.05, 4.69) is 29.3 Å². The molecule has 0 saturated carbocycles. The third-order valence-corrected chi connectivity index (χ3v) is 6.48. The smallest absolute Gasteiger partial charge is 0.341 e. The first-order chi connectivity index (χ1) is 15.8. The Labute approximate surface area is 196 Å². The average Bonchev–Trinajstić information content (AvgIpc) is 3.13. The van der Waals surface area contributed by atoms with Crippen LogP contribution in [0.2, 0.25) is 0 Å². The largest absolute Gasteiger partial charge is 0.507 e. The summed E-state index contributed by atoms with van der Waals surface area (Å²) < 4.78 is 5.18.